The standard InChI is InChI=1S/C13H8N4O4S/c14-7-9-1-3-11(4-2-9)22(18,19)17-13-15-12(21-16-13)10-5-6-20-8-10/h1-6,8H,(H,16,17). The number of hydrogen-bond donors (Lipinski definition) is 1. The van der Waals surface area contributed by atoms with E-state index in [1.807, 2.05) is 6.07 Å². The summed E-state index contributed by atoms with van der Waals surface area (Å²) in [6, 6.07) is 8.96. The van der Waals surface area contributed by atoms with Crippen LogP contribution in [0.4, 0.5) is 5.95 Å². The quantitative estimate of drug-likeness (QED) is 0.781. The van der Waals surface area contributed by atoms with Gasteiger partial charge in [0.15, 0.2) is 0 Å². The second-order valence-electron chi connectivity index (χ2n) is 4.18. The van der Waals surface area contributed by atoms with Crippen LogP contribution in [0.25, 0.3) is 11.5 Å². The molecule has 0 amide bonds. The Morgan fingerprint density at radius 2 is 1.95 bits per heavy atom. The first-order valence-electron chi connectivity index (χ1n) is 5.98. The largest absolute Gasteiger partial charge is 0.472 e. The van der Waals surface area contributed by atoms with Crippen LogP contribution in [-0.2, 0) is 10.0 Å². The minimum absolute atomic E-state index is 0.0128. The second-order valence-corrected chi connectivity index (χ2v) is 5.86. The van der Waals surface area contributed by atoms with Crippen LogP contribution < -0.4 is 4.72 Å². The third-order valence-electron chi connectivity index (χ3n) is 2.71. The summed E-state index contributed by atoms with van der Waals surface area (Å²) in [7, 11) is -3.86. The molecular weight excluding hydrogens is 308 g/mol. The summed E-state index contributed by atoms with van der Waals surface area (Å²) in [6.45, 7) is 0. The van der Waals surface area contributed by atoms with E-state index in [2.05, 4.69) is 14.9 Å². The van der Waals surface area contributed by atoms with E-state index in [9.17, 15) is 8.42 Å². The summed E-state index contributed by atoms with van der Waals surface area (Å²) in [6.07, 6.45) is 2.83. The highest BCUT2D eigenvalue weighted by molar-refractivity contribution is 7.92. The van der Waals surface area contributed by atoms with E-state index < -0.39 is 10.0 Å². The second kappa shape index (κ2) is 5.34. The van der Waals surface area contributed by atoms with Gasteiger partial charge >= 0.3 is 0 Å². The van der Waals surface area contributed by atoms with Gasteiger partial charge in [-0.25, -0.2) is 13.1 Å². The van der Waals surface area contributed by atoms with Crippen molar-refractivity contribution in [2.75, 3.05) is 4.72 Å². The average Bonchev–Trinajstić information content (AvgIpc) is 3.18. The molecule has 110 valence electrons. The number of sulfonamides is 1. The topological polar surface area (TPSA) is 122 Å². The Bertz CT molecular complexity index is 921. The maximum atomic E-state index is 12.2. The van der Waals surface area contributed by atoms with Gasteiger partial charge in [0.2, 0.25) is 0 Å². The molecule has 1 N–H and O–H groups in total. The molecule has 0 aliphatic carbocycles. The van der Waals surface area contributed by atoms with Gasteiger partial charge in [0.25, 0.3) is 21.9 Å². The minimum atomic E-state index is -3.86. The Balaban J connectivity index is 1.84. The monoisotopic (exact) mass is 316 g/mol. The lowest BCUT2D eigenvalue weighted by Gasteiger charge is -2.03. The first-order chi connectivity index (χ1) is 10.6. The van der Waals surface area contributed by atoms with Crippen LogP contribution in [0.3, 0.4) is 0 Å². The predicted octanol–water partition coefficient (Wildman–Crippen LogP) is 2.00. The van der Waals surface area contributed by atoms with Crippen LogP contribution in [0.2, 0.25) is 0 Å². The van der Waals surface area contributed by atoms with Crippen molar-refractivity contribution < 1.29 is 17.4 Å². The van der Waals surface area contributed by atoms with Crippen LogP contribution >= 0.6 is 0 Å². The highest BCUT2D eigenvalue weighted by Crippen LogP contribution is 2.20. The molecule has 0 atom stereocenters. The van der Waals surface area contributed by atoms with Crippen LogP contribution in [-0.4, -0.2) is 18.6 Å². The number of rotatable bonds is 4. The van der Waals surface area contributed by atoms with Gasteiger partial charge in [0.1, 0.15) is 6.26 Å². The summed E-state index contributed by atoms with van der Waals surface area (Å²) in [5, 5.41) is 12.3. The van der Waals surface area contributed by atoms with Crippen LogP contribution in [0.5, 0.6) is 0 Å². The number of anilines is 1. The molecule has 0 fully saturated rings. The maximum Gasteiger partial charge on any atom is 0.277 e. The van der Waals surface area contributed by atoms with E-state index in [1.54, 1.807) is 6.07 Å². The molecule has 0 aliphatic rings. The molecule has 3 rings (SSSR count). The lowest BCUT2D eigenvalue weighted by atomic mass is 10.2. The molecule has 0 radical (unpaired) electrons. The number of nitrogens with one attached hydrogen (secondary N) is 1. The van der Waals surface area contributed by atoms with Crippen molar-refractivity contribution in [2.45, 2.75) is 4.90 Å². The molecule has 0 unspecified atom stereocenters. The summed E-state index contributed by atoms with van der Waals surface area (Å²) >= 11 is 0. The Kier molecular flexibility index (Phi) is 3.36. The summed E-state index contributed by atoms with van der Waals surface area (Å²) in [4.78, 5) is 3.90. The Labute approximate surface area is 125 Å². The Morgan fingerprint density at radius 3 is 2.59 bits per heavy atom. The summed E-state index contributed by atoms with van der Waals surface area (Å²) in [5.41, 5.74) is 0.900. The molecule has 0 bridgehead atoms. The van der Waals surface area contributed by atoms with Crippen LogP contribution in [0.15, 0.2) is 56.7 Å². The fourth-order valence-electron chi connectivity index (χ4n) is 1.66. The summed E-state index contributed by atoms with van der Waals surface area (Å²) < 4.78 is 36.3. The molecule has 9 heteroatoms. The molecule has 2 aromatic heterocycles. The molecule has 0 saturated carbocycles. The van der Waals surface area contributed by atoms with Crippen molar-refractivity contribution in [3.05, 3.63) is 48.4 Å². The third kappa shape index (κ3) is 2.68. The van der Waals surface area contributed by atoms with Crippen molar-refractivity contribution in [1.82, 2.24) is 10.1 Å². The lowest BCUT2D eigenvalue weighted by molar-refractivity contribution is 0.432. The number of nitrogens with zero attached hydrogens (tertiary/aromatic N) is 3. The first kappa shape index (κ1) is 13.8. The number of furan rings is 1. The molecular formula is C13H8N4O4S. The fourth-order valence-corrected chi connectivity index (χ4v) is 2.59. The molecule has 3 aromatic rings. The van der Waals surface area contributed by atoms with Gasteiger partial charge in [-0.3, -0.25) is 0 Å². The van der Waals surface area contributed by atoms with Gasteiger partial charge in [-0.1, -0.05) is 0 Å². The van der Waals surface area contributed by atoms with E-state index in [0.717, 1.165) is 0 Å². The zero-order chi connectivity index (χ0) is 15.6. The molecule has 2 heterocycles. The zero-order valence-corrected chi connectivity index (χ0v) is 11.7. The molecule has 22 heavy (non-hydrogen) atoms. The van der Waals surface area contributed by atoms with E-state index in [-0.39, 0.29) is 16.7 Å². The highest BCUT2D eigenvalue weighted by Gasteiger charge is 2.18. The molecule has 0 spiro atoms. The minimum Gasteiger partial charge on any atom is -0.472 e. The van der Waals surface area contributed by atoms with Gasteiger partial charge in [-0.15, -0.1) is 0 Å². The van der Waals surface area contributed by atoms with Gasteiger partial charge in [-0.05, 0) is 35.5 Å². The smallest absolute Gasteiger partial charge is 0.277 e. The molecule has 8 nitrogen and oxygen atoms in total. The van der Waals surface area contributed by atoms with Gasteiger partial charge in [0.05, 0.1) is 28.4 Å². The number of nitriles is 1. The lowest BCUT2D eigenvalue weighted by Crippen LogP contribution is -2.13. The van der Waals surface area contributed by atoms with E-state index in [4.69, 9.17) is 14.2 Å². The van der Waals surface area contributed by atoms with Crippen molar-refractivity contribution in [1.29, 1.82) is 5.26 Å². The third-order valence-corrected chi connectivity index (χ3v) is 4.06. The molecule has 0 saturated heterocycles. The normalized spacial score (nSPS) is 11.0. The van der Waals surface area contributed by atoms with E-state index in [1.165, 1.54) is 36.8 Å². The maximum absolute atomic E-state index is 12.2. The molecule has 0 aliphatic heterocycles. The number of aromatic nitrogens is 2. The molecule has 1 aromatic carbocycles. The van der Waals surface area contributed by atoms with Crippen LogP contribution in [0, 0.1) is 11.3 Å². The van der Waals surface area contributed by atoms with Crippen molar-refractivity contribution in [3.63, 3.8) is 0 Å². The summed E-state index contributed by atoms with van der Waals surface area (Å²) in [5.74, 6) is -0.0631. The fraction of sp³-hybridized carbons (Fsp3) is 0. The van der Waals surface area contributed by atoms with Crippen LogP contribution in [0.1, 0.15) is 5.56 Å². The predicted molar refractivity (Wildman–Crippen MR) is 74.0 cm³/mol. The SMILES string of the molecule is N#Cc1ccc(S(=O)(=O)Nc2noc(-c3ccoc3)n2)cc1. The van der Waals surface area contributed by atoms with Gasteiger partial charge in [0, 0.05) is 0 Å². The highest BCUT2D eigenvalue weighted by atomic mass is 32.2. The Hall–Kier alpha value is -3.12. The van der Waals surface area contributed by atoms with Gasteiger partial charge in [-0.2, -0.15) is 10.2 Å². The van der Waals surface area contributed by atoms with Gasteiger partial charge < -0.3 is 8.94 Å². The average molecular weight is 316 g/mol. The Morgan fingerprint density at radius 1 is 1.18 bits per heavy atom. The van der Waals surface area contributed by atoms with E-state index >= 15 is 0 Å². The number of hydrogen-bond acceptors (Lipinski definition) is 7. The first-order valence-corrected chi connectivity index (χ1v) is 7.46. The van der Waals surface area contributed by atoms with Crippen molar-refractivity contribution in [3.8, 4) is 17.5 Å². The van der Waals surface area contributed by atoms with Crippen molar-refractivity contribution >= 4 is 16.0 Å². The van der Waals surface area contributed by atoms with Crippen molar-refractivity contribution in [2.24, 2.45) is 0 Å². The van der Waals surface area contributed by atoms with E-state index in [0.29, 0.717) is 11.1 Å². The zero-order valence-electron chi connectivity index (χ0n) is 10.9. The number of benzene rings is 1.